The van der Waals surface area contributed by atoms with Crippen LogP contribution in [0.5, 0.6) is 0 Å². The Morgan fingerprint density at radius 2 is 2.00 bits per heavy atom. The van der Waals surface area contributed by atoms with Crippen molar-refractivity contribution in [1.82, 2.24) is 5.32 Å². The Morgan fingerprint density at radius 3 is 2.43 bits per heavy atom. The largest absolute Gasteiger partial charge is 0.480 e. The van der Waals surface area contributed by atoms with Gasteiger partial charge < -0.3 is 16.2 Å². The van der Waals surface area contributed by atoms with Crippen molar-refractivity contribution in [2.75, 3.05) is 6.54 Å². The van der Waals surface area contributed by atoms with Crippen molar-refractivity contribution in [2.45, 2.75) is 32.7 Å². The zero-order valence-corrected chi connectivity index (χ0v) is 8.62. The maximum absolute atomic E-state index is 11.1. The zero-order valence-electron chi connectivity index (χ0n) is 8.62. The van der Waals surface area contributed by atoms with Gasteiger partial charge in [0.15, 0.2) is 0 Å². The van der Waals surface area contributed by atoms with E-state index in [-0.39, 0.29) is 18.7 Å². The van der Waals surface area contributed by atoms with Crippen LogP contribution in [0.4, 0.5) is 0 Å². The number of carboxylic acid groups (broad SMARTS) is 1. The summed E-state index contributed by atoms with van der Waals surface area (Å²) < 4.78 is 0. The molecule has 0 saturated heterocycles. The van der Waals surface area contributed by atoms with E-state index in [1.165, 1.54) is 0 Å². The first-order valence-corrected chi connectivity index (χ1v) is 4.68. The van der Waals surface area contributed by atoms with Gasteiger partial charge in [-0.2, -0.15) is 0 Å². The fourth-order valence-electron chi connectivity index (χ4n) is 0.816. The molecule has 0 saturated carbocycles. The number of rotatable bonds is 6. The van der Waals surface area contributed by atoms with E-state index in [1.54, 1.807) is 0 Å². The minimum atomic E-state index is -1.07. The third kappa shape index (κ3) is 6.42. The van der Waals surface area contributed by atoms with Crippen LogP contribution in [0.3, 0.4) is 0 Å². The number of nitrogens with one attached hydrogen (secondary N) is 1. The van der Waals surface area contributed by atoms with Gasteiger partial charge in [0.1, 0.15) is 6.04 Å². The normalized spacial score (nSPS) is 12.6. The molecule has 1 amide bonds. The van der Waals surface area contributed by atoms with Crippen LogP contribution in [0.25, 0.3) is 0 Å². The first-order valence-electron chi connectivity index (χ1n) is 4.68. The summed E-state index contributed by atoms with van der Waals surface area (Å²) in [4.78, 5) is 21.4. The van der Waals surface area contributed by atoms with Crippen molar-refractivity contribution in [3.63, 3.8) is 0 Å². The van der Waals surface area contributed by atoms with Crippen LogP contribution in [0.2, 0.25) is 0 Å². The molecule has 5 heteroatoms. The quantitative estimate of drug-likeness (QED) is 0.563. The maximum Gasteiger partial charge on any atom is 0.320 e. The van der Waals surface area contributed by atoms with Gasteiger partial charge in [0.05, 0.1) is 0 Å². The van der Waals surface area contributed by atoms with Gasteiger partial charge in [0, 0.05) is 13.0 Å². The summed E-state index contributed by atoms with van der Waals surface area (Å²) in [7, 11) is 0. The second kappa shape index (κ2) is 6.37. The Bertz CT molecular complexity index is 204. The molecule has 0 spiro atoms. The molecular formula is C9H18N2O3. The number of nitrogens with two attached hydrogens (primary N) is 1. The number of hydrogen-bond acceptors (Lipinski definition) is 3. The molecule has 0 bridgehead atoms. The average molecular weight is 202 g/mol. The number of hydrogen-bond donors (Lipinski definition) is 3. The molecule has 0 fully saturated rings. The predicted octanol–water partition coefficient (Wildman–Crippen LogP) is -0.0493. The fourth-order valence-corrected chi connectivity index (χ4v) is 0.816. The SMILES string of the molecule is CC(C)CNC(=O)CCC(N)C(=O)O. The van der Waals surface area contributed by atoms with Gasteiger partial charge in [0.2, 0.25) is 5.91 Å². The molecule has 0 rings (SSSR count). The Labute approximate surface area is 83.7 Å². The van der Waals surface area contributed by atoms with Crippen molar-refractivity contribution in [3.05, 3.63) is 0 Å². The summed E-state index contributed by atoms with van der Waals surface area (Å²) in [6.07, 6.45) is 0.347. The first kappa shape index (κ1) is 12.9. The molecule has 0 aromatic rings. The van der Waals surface area contributed by atoms with E-state index in [1.807, 2.05) is 13.8 Å². The second-order valence-electron chi connectivity index (χ2n) is 3.68. The van der Waals surface area contributed by atoms with Crippen molar-refractivity contribution in [2.24, 2.45) is 11.7 Å². The molecule has 82 valence electrons. The van der Waals surface area contributed by atoms with Gasteiger partial charge in [-0.3, -0.25) is 9.59 Å². The van der Waals surface area contributed by atoms with Gasteiger partial charge in [-0.05, 0) is 12.3 Å². The second-order valence-corrected chi connectivity index (χ2v) is 3.68. The monoisotopic (exact) mass is 202 g/mol. The molecule has 0 aliphatic heterocycles. The summed E-state index contributed by atoms with van der Waals surface area (Å²) in [6, 6.07) is -0.945. The van der Waals surface area contributed by atoms with E-state index in [2.05, 4.69) is 5.32 Å². The highest BCUT2D eigenvalue weighted by atomic mass is 16.4. The highest BCUT2D eigenvalue weighted by molar-refractivity contribution is 5.78. The third-order valence-corrected chi connectivity index (χ3v) is 1.71. The molecule has 5 nitrogen and oxygen atoms in total. The number of carboxylic acids is 1. The van der Waals surface area contributed by atoms with Crippen molar-refractivity contribution >= 4 is 11.9 Å². The van der Waals surface area contributed by atoms with Crippen molar-refractivity contribution in [3.8, 4) is 0 Å². The lowest BCUT2D eigenvalue weighted by Gasteiger charge is -2.08. The Balaban J connectivity index is 3.59. The standard InChI is InChI=1S/C9H18N2O3/c1-6(2)5-11-8(12)4-3-7(10)9(13)14/h6-7H,3-5,10H2,1-2H3,(H,11,12)(H,13,14). The van der Waals surface area contributed by atoms with Gasteiger partial charge in [-0.25, -0.2) is 0 Å². The van der Waals surface area contributed by atoms with Gasteiger partial charge in [-0.1, -0.05) is 13.8 Å². The van der Waals surface area contributed by atoms with Gasteiger partial charge >= 0.3 is 5.97 Å². The van der Waals surface area contributed by atoms with E-state index in [9.17, 15) is 9.59 Å². The summed E-state index contributed by atoms with van der Waals surface area (Å²) in [5.41, 5.74) is 5.24. The number of amides is 1. The summed E-state index contributed by atoms with van der Waals surface area (Å²) in [5, 5.41) is 11.1. The van der Waals surface area contributed by atoms with Crippen LogP contribution in [0.1, 0.15) is 26.7 Å². The molecule has 0 aromatic carbocycles. The summed E-state index contributed by atoms with van der Waals surface area (Å²) in [5.74, 6) is -0.816. The summed E-state index contributed by atoms with van der Waals surface area (Å²) in [6.45, 7) is 4.59. The van der Waals surface area contributed by atoms with Crippen LogP contribution in [0, 0.1) is 5.92 Å². The van der Waals surface area contributed by atoms with Gasteiger partial charge in [0.25, 0.3) is 0 Å². The van der Waals surface area contributed by atoms with Crippen molar-refractivity contribution in [1.29, 1.82) is 0 Å². The number of carbonyl (C=O) groups is 2. The maximum atomic E-state index is 11.1. The highest BCUT2D eigenvalue weighted by Crippen LogP contribution is 1.95. The van der Waals surface area contributed by atoms with E-state index in [0.717, 1.165) is 0 Å². The first-order chi connectivity index (χ1) is 6.43. The molecule has 0 radical (unpaired) electrons. The third-order valence-electron chi connectivity index (χ3n) is 1.71. The smallest absolute Gasteiger partial charge is 0.320 e. The Kier molecular flexibility index (Phi) is 5.87. The molecule has 0 aliphatic carbocycles. The lowest BCUT2D eigenvalue weighted by molar-refractivity contribution is -0.138. The molecule has 1 unspecified atom stereocenters. The van der Waals surface area contributed by atoms with Crippen LogP contribution < -0.4 is 11.1 Å². The Hall–Kier alpha value is -1.10. The minimum absolute atomic E-state index is 0.143. The van der Waals surface area contributed by atoms with E-state index < -0.39 is 12.0 Å². The van der Waals surface area contributed by atoms with E-state index in [0.29, 0.717) is 12.5 Å². The average Bonchev–Trinajstić information content (AvgIpc) is 2.10. The summed E-state index contributed by atoms with van der Waals surface area (Å²) >= 11 is 0. The van der Waals surface area contributed by atoms with Crippen LogP contribution in [-0.4, -0.2) is 29.6 Å². The lowest BCUT2D eigenvalue weighted by atomic mass is 10.1. The molecule has 0 aromatic heterocycles. The Morgan fingerprint density at radius 1 is 1.43 bits per heavy atom. The molecular weight excluding hydrogens is 184 g/mol. The minimum Gasteiger partial charge on any atom is -0.480 e. The van der Waals surface area contributed by atoms with E-state index in [4.69, 9.17) is 10.8 Å². The molecule has 14 heavy (non-hydrogen) atoms. The highest BCUT2D eigenvalue weighted by Gasteiger charge is 2.13. The number of carbonyl (C=O) groups excluding carboxylic acids is 1. The van der Waals surface area contributed by atoms with E-state index >= 15 is 0 Å². The molecule has 0 aliphatic rings. The molecule has 0 heterocycles. The fraction of sp³-hybridized carbons (Fsp3) is 0.778. The lowest BCUT2D eigenvalue weighted by Crippen LogP contribution is -2.33. The van der Waals surface area contributed by atoms with Crippen LogP contribution in [-0.2, 0) is 9.59 Å². The molecule has 1 atom stereocenters. The van der Waals surface area contributed by atoms with Gasteiger partial charge in [-0.15, -0.1) is 0 Å². The zero-order chi connectivity index (χ0) is 11.1. The topological polar surface area (TPSA) is 92.4 Å². The van der Waals surface area contributed by atoms with Crippen LogP contribution in [0.15, 0.2) is 0 Å². The predicted molar refractivity (Wildman–Crippen MR) is 52.7 cm³/mol. The molecule has 4 N–H and O–H groups in total. The van der Waals surface area contributed by atoms with Crippen molar-refractivity contribution < 1.29 is 14.7 Å². The number of aliphatic carboxylic acids is 1. The van der Waals surface area contributed by atoms with Crippen LogP contribution >= 0.6 is 0 Å².